The number of rotatable bonds is 7. The zero-order valence-electron chi connectivity index (χ0n) is 22.3. The number of hydrogen-bond donors (Lipinski definition) is 0. The largest absolute Gasteiger partial charge is 0.491 e. The Labute approximate surface area is 218 Å². The van der Waals surface area contributed by atoms with Crippen molar-refractivity contribution >= 4 is 17.1 Å². The molecule has 4 aromatic rings. The lowest BCUT2D eigenvalue weighted by molar-refractivity contribution is 0.217. The highest BCUT2D eigenvalue weighted by Crippen LogP contribution is 2.32. The highest BCUT2D eigenvalue weighted by atomic mass is 16.5. The van der Waals surface area contributed by atoms with E-state index in [0.717, 1.165) is 59.0 Å². The monoisotopic (exact) mass is 496 g/mol. The molecule has 5 rings (SSSR count). The summed E-state index contributed by atoms with van der Waals surface area (Å²) in [6.07, 6.45) is 8.64. The lowest BCUT2D eigenvalue weighted by Crippen LogP contribution is -2.25. The van der Waals surface area contributed by atoms with E-state index in [1.807, 2.05) is 42.6 Å². The van der Waals surface area contributed by atoms with Crippen LogP contribution < -0.4 is 10.3 Å². The first-order chi connectivity index (χ1) is 18.0. The van der Waals surface area contributed by atoms with Gasteiger partial charge in [0.05, 0.1) is 23.2 Å². The van der Waals surface area contributed by atoms with Crippen LogP contribution in [-0.4, -0.2) is 26.5 Å². The van der Waals surface area contributed by atoms with E-state index in [1.165, 1.54) is 19.3 Å². The Morgan fingerprint density at radius 2 is 1.81 bits per heavy atom. The molecule has 0 spiro atoms. The summed E-state index contributed by atoms with van der Waals surface area (Å²) in [5.41, 5.74) is 4.86. The molecule has 37 heavy (non-hydrogen) atoms. The van der Waals surface area contributed by atoms with E-state index < -0.39 is 0 Å². The van der Waals surface area contributed by atoms with Gasteiger partial charge in [0.2, 0.25) is 0 Å². The normalized spacial score (nSPS) is 15.5. The van der Waals surface area contributed by atoms with Gasteiger partial charge >= 0.3 is 0 Å². The molecule has 1 saturated carbocycles. The fourth-order valence-corrected chi connectivity index (χ4v) is 5.30. The highest BCUT2D eigenvalue weighted by molar-refractivity contribution is 5.82. The molecule has 1 atom stereocenters. The number of ether oxygens (including phenoxy) is 1. The van der Waals surface area contributed by atoms with Gasteiger partial charge in [0.15, 0.2) is 0 Å². The van der Waals surface area contributed by atoms with E-state index in [-0.39, 0.29) is 17.6 Å². The maximum absolute atomic E-state index is 13.5. The van der Waals surface area contributed by atoms with Gasteiger partial charge in [-0.1, -0.05) is 38.3 Å². The van der Waals surface area contributed by atoms with Gasteiger partial charge in [0.25, 0.3) is 5.56 Å². The third kappa shape index (κ3) is 5.10. The van der Waals surface area contributed by atoms with Crippen molar-refractivity contribution in [2.75, 3.05) is 0 Å². The van der Waals surface area contributed by atoms with Crippen LogP contribution in [0.3, 0.4) is 0 Å². The fourth-order valence-electron chi connectivity index (χ4n) is 5.30. The predicted octanol–water partition coefficient (Wildman–Crippen LogP) is 6.91. The average Bonchev–Trinajstić information content (AvgIpc) is 3.21. The third-order valence-electron chi connectivity index (χ3n) is 7.54. The molecular formula is C31H36N4O2. The molecule has 2 heterocycles. The van der Waals surface area contributed by atoms with Crippen molar-refractivity contribution in [1.29, 1.82) is 0 Å². The van der Waals surface area contributed by atoms with E-state index in [4.69, 9.17) is 14.8 Å². The first-order valence-electron chi connectivity index (χ1n) is 13.5. The van der Waals surface area contributed by atoms with E-state index in [9.17, 15) is 4.79 Å². The number of para-hydroxylation sites is 1. The fraction of sp³-hybridized carbons (Fsp3) is 0.387. The number of aromatic nitrogens is 3. The van der Waals surface area contributed by atoms with Gasteiger partial charge in [-0.25, -0.2) is 4.98 Å². The van der Waals surface area contributed by atoms with Crippen molar-refractivity contribution < 1.29 is 4.74 Å². The Bertz CT molecular complexity index is 1470. The average molecular weight is 497 g/mol. The summed E-state index contributed by atoms with van der Waals surface area (Å²) in [5, 5.41) is 5.35. The van der Waals surface area contributed by atoms with E-state index >= 15 is 0 Å². The minimum atomic E-state index is -0.104. The summed E-state index contributed by atoms with van der Waals surface area (Å²) in [6, 6.07) is 17.9. The SMILES string of the molecule is CC[C@@H](C)Oc1ccc(-n2c(C)cc(C=Nn3c(C4CCCCC4)nc4ccccc4c3=O)c2C)cc1. The number of fused-ring (bicyclic) bond motifs is 1. The molecule has 0 bridgehead atoms. The van der Waals surface area contributed by atoms with Crippen LogP contribution in [0.25, 0.3) is 16.6 Å². The van der Waals surface area contributed by atoms with Crippen molar-refractivity contribution in [3.63, 3.8) is 0 Å². The molecule has 6 heteroatoms. The lowest BCUT2D eigenvalue weighted by atomic mass is 9.88. The van der Waals surface area contributed by atoms with Gasteiger partial charge in [-0.05, 0) is 82.5 Å². The topological polar surface area (TPSA) is 61.4 Å². The van der Waals surface area contributed by atoms with Crippen molar-refractivity contribution in [1.82, 2.24) is 14.2 Å². The van der Waals surface area contributed by atoms with Gasteiger partial charge < -0.3 is 9.30 Å². The van der Waals surface area contributed by atoms with Crippen LogP contribution in [0.1, 0.15) is 81.1 Å². The lowest BCUT2D eigenvalue weighted by Gasteiger charge is -2.22. The van der Waals surface area contributed by atoms with Gasteiger partial charge in [0, 0.05) is 28.6 Å². The van der Waals surface area contributed by atoms with Crippen LogP contribution in [-0.2, 0) is 0 Å². The minimum absolute atomic E-state index is 0.104. The summed E-state index contributed by atoms with van der Waals surface area (Å²) in [5.74, 6) is 1.91. The number of nitrogens with zero attached hydrogens (tertiary/aromatic N) is 4. The number of hydrogen-bond acceptors (Lipinski definition) is 4. The number of aryl methyl sites for hydroxylation is 1. The first kappa shape index (κ1) is 25.0. The van der Waals surface area contributed by atoms with Gasteiger partial charge in [-0.3, -0.25) is 4.79 Å². The molecule has 0 amide bonds. The maximum Gasteiger partial charge on any atom is 0.282 e. The second-order valence-corrected chi connectivity index (χ2v) is 10.2. The van der Waals surface area contributed by atoms with Gasteiger partial charge in [-0.2, -0.15) is 9.78 Å². The Balaban J connectivity index is 1.51. The standard InChI is InChI=1S/C31H36N4O2/c1-5-22(3)37-27-17-15-26(16-18-27)34-21(2)19-25(23(34)4)20-32-35-30(24-11-7-6-8-12-24)33-29-14-10-9-13-28(29)31(35)36/h9-10,13-20,22,24H,5-8,11-12H2,1-4H3/t22-/m1/s1. The molecule has 2 aromatic carbocycles. The second-order valence-electron chi connectivity index (χ2n) is 10.2. The molecule has 1 fully saturated rings. The van der Waals surface area contributed by atoms with Crippen LogP contribution in [0.5, 0.6) is 5.75 Å². The molecule has 192 valence electrons. The molecule has 0 unspecified atom stereocenters. The Morgan fingerprint density at radius 3 is 2.54 bits per heavy atom. The number of benzene rings is 2. The van der Waals surface area contributed by atoms with E-state index in [1.54, 1.807) is 4.68 Å². The second kappa shape index (κ2) is 10.8. The minimum Gasteiger partial charge on any atom is -0.491 e. The Morgan fingerprint density at radius 1 is 1.08 bits per heavy atom. The van der Waals surface area contributed by atoms with Crippen molar-refractivity contribution in [2.45, 2.75) is 78.2 Å². The summed E-state index contributed by atoms with van der Waals surface area (Å²) < 4.78 is 9.70. The molecule has 0 saturated heterocycles. The van der Waals surface area contributed by atoms with Gasteiger partial charge in [0.1, 0.15) is 11.6 Å². The van der Waals surface area contributed by atoms with Crippen LogP contribution in [0, 0.1) is 13.8 Å². The molecule has 6 nitrogen and oxygen atoms in total. The predicted molar refractivity (Wildman–Crippen MR) is 150 cm³/mol. The molecule has 2 aromatic heterocycles. The Hall–Kier alpha value is -3.67. The van der Waals surface area contributed by atoms with Gasteiger partial charge in [-0.15, -0.1) is 0 Å². The van der Waals surface area contributed by atoms with Crippen LogP contribution in [0.4, 0.5) is 0 Å². The molecule has 0 aliphatic heterocycles. The van der Waals surface area contributed by atoms with E-state index in [2.05, 4.69) is 50.5 Å². The maximum atomic E-state index is 13.5. The van der Waals surface area contributed by atoms with Crippen molar-refractivity contribution in [3.05, 3.63) is 87.7 Å². The van der Waals surface area contributed by atoms with E-state index in [0.29, 0.717) is 5.39 Å². The van der Waals surface area contributed by atoms with Crippen LogP contribution >= 0.6 is 0 Å². The molecule has 0 N–H and O–H groups in total. The summed E-state index contributed by atoms with van der Waals surface area (Å²) >= 11 is 0. The summed E-state index contributed by atoms with van der Waals surface area (Å²) in [4.78, 5) is 18.4. The molecule has 1 aliphatic carbocycles. The summed E-state index contributed by atoms with van der Waals surface area (Å²) in [7, 11) is 0. The zero-order valence-corrected chi connectivity index (χ0v) is 22.3. The first-order valence-corrected chi connectivity index (χ1v) is 13.5. The zero-order chi connectivity index (χ0) is 25.9. The van der Waals surface area contributed by atoms with Crippen molar-refractivity contribution in [3.8, 4) is 11.4 Å². The summed E-state index contributed by atoms with van der Waals surface area (Å²) in [6.45, 7) is 8.37. The highest BCUT2D eigenvalue weighted by Gasteiger charge is 2.22. The van der Waals surface area contributed by atoms with Crippen LogP contribution in [0.15, 0.2) is 64.5 Å². The van der Waals surface area contributed by atoms with Crippen molar-refractivity contribution in [2.24, 2.45) is 5.10 Å². The molecule has 0 radical (unpaired) electrons. The smallest absolute Gasteiger partial charge is 0.282 e. The third-order valence-corrected chi connectivity index (χ3v) is 7.54. The Kier molecular flexibility index (Phi) is 7.26. The quantitative estimate of drug-likeness (QED) is 0.261. The molecular weight excluding hydrogens is 460 g/mol. The van der Waals surface area contributed by atoms with Crippen LogP contribution in [0.2, 0.25) is 0 Å². The molecule has 1 aliphatic rings.